The predicted octanol–water partition coefficient (Wildman–Crippen LogP) is 4.48. The molecule has 5 nitrogen and oxygen atoms in total. The minimum absolute atomic E-state index is 0.211. The van der Waals surface area contributed by atoms with E-state index in [4.69, 9.17) is 31.5 Å². The predicted molar refractivity (Wildman–Crippen MR) is 126 cm³/mol. The third-order valence-corrected chi connectivity index (χ3v) is 5.34. The number of carbonyl (C=O) groups excluding carboxylic acids is 1. The molecule has 0 amide bonds. The Morgan fingerprint density at radius 3 is 2.16 bits per heavy atom. The summed E-state index contributed by atoms with van der Waals surface area (Å²) in [6.07, 6.45) is 0. The van der Waals surface area contributed by atoms with Gasteiger partial charge in [-0.25, -0.2) is 4.79 Å². The minimum Gasteiger partial charge on any atom is -0.442 e. The van der Waals surface area contributed by atoms with Crippen molar-refractivity contribution in [3.63, 3.8) is 0 Å². The molecule has 6 heteroatoms. The maximum Gasteiger partial charge on any atom is 0.333 e. The van der Waals surface area contributed by atoms with E-state index < -0.39 is 11.6 Å². The largest absolute Gasteiger partial charge is 0.442 e. The number of carbonyl (C=O) groups is 1. The number of benzene rings is 3. The molecule has 0 saturated carbocycles. The van der Waals surface area contributed by atoms with Crippen molar-refractivity contribution in [3.8, 4) is 0 Å². The molecule has 32 heavy (non-hydrogen) atoms. The number of aryl methyl sites for hydroxylation is 1. The van der Waals surface area contributed by atoms with Crippen LogP contribution in [-0.2, 0) is 24.6 Å². The second-order valence-corrected chi connectivity index (χ2v) is 7.73. The second kappa shape index (κ2) is 11.8. The zero-order valence-corrected chi connectivity index (χ0v) is 18.9. The zero-order valence-electron chi connectivity index (χ0n) is 18.1. The molecule has 3 aromatic rings. The first-order valence-electron chi connectivity index (χ1n) is 10.5. The number of halogens is 1. The van der Waals surface area contributed by atoms with E-state index >= 15 is 0 Å². The highest BCUT2D eigenvalue weighted by atomic mass is 35.5. The van der Waals surface area contributed by atoms with Crippen molar-refractivity contribution in [1.82, 2.24) is 0 Å². The maximum absolute atomic E-state index is 13.0. The topological polar surface area (TPSA) is 70.8 Å². The highest BCUT2D eigenvalue weighted by Gasteiger charge is 2.42. The standard InChI is InChI=1S/C26H28ClNO4/c1-20-11-13-22(14-12-20)26(21-7-3-2-4-8-21,23-9-5-6-10-24(23)27)32-25(29)19-31-18-17-30-16-15-28/h2-14H,15-19,28H2,1H3. The van der Waals surface area contributed by atoms with Crippen molar-refractivity contribution in [1.29, 1.82) is 0 Å². The smallest absolute Gasteiger partial charge is 0.333 e. The van der Waals surface area contributed by atoms with Gasteiger partial charge in [0.2, 0.25) is 0 Å². The van der Waals surface area contributed by atoms with Crippen LogP contribution in [0.1, 0.15) is 22.3 Å². The van der Waals surface area contributed by atoms with Crippen LogP contribution in [-0.4, -0.2) is 38.9 Å². The third-order valence-electron chi connectivity index (χ3n) is 5.01. The average Bonchev–Trinajstić information content (AvgIpc) is 2.81. The lowest BCUT2D eigenvalue weighted by Gasteiger charge is -2.36. The molecule has 2 N–H and O–H groups in total. The van der Waals surface area contributed by atoms with Crippen LogP contribution < -0.4 is 5.73 Å². The molecular weight excluding hydrogens is 426 g/mol. The van der Waals surface area contributed by atoms with Crippen LogP contribution in [0.2, 0.25) is 5.02 Å². The van der Waals surface area contributed by atoms with Crippen molar-refractivity contribution in [2.75, 3.05) is 33.0 Å². The van der Waals surface area contributed by atoms with E-state index in [1.807, 2.05) is 79.7 Å². The van der Waals surface area contributed by atoms with Crippen molar-refractivity contribution in [3.05, 3.63) is 106 Å². The van der Waals surface area contributed by atoms with Gasteiger partial charge in [-0.3, -0.25) is 0 Å². The molecule has 3 aromatic carbocycles. The molecule has 0 radical (unpaired) electrons. The van der Waals surface area contributed by atoms with E-state index in [0.717, 1.165) is 16.7 Å². The summed E-state index contributed by atoms with van der Waals surface area (Å²) < 4.78 is 17.0. The molecule has 0 spiro atoms. The molecule has 0 aliphatic heterocycles. The molecule has 0 aliphatic rings. The van der Waals surface area contributed by atoms with Crippen molar-refractivity contribution in [2.24, 2.45) is 5.73 Å². The fraction of sp³-hybridized carbons (Fsp3) is 0.269. The van der Waals surface area contributed by atoms with E-state index in [-0.39, 0.29) is 13.2 Å². The quantitative estimate of drug-likeness (QED) is 0.263. The third kappa shape index (κ3) is 5.75. The molecule has 0 heterocycles. The Bertz CT molecular complexity index is 994. The lowest BCUT2D eigenvalue weighted by Crippen LogP contribution is -2.37. The first-order valence-corrected chi connectivity index (χ1v) is 10.9. The van der Waals surface area contributed by atoms with Gasteiger partial charge in [-0.2, -0.15) is 0 Å². The summed E-state index contributed by atoms with van der Waals surface area (Å²) in [6, 6.07) is 24.9. The Morgan fingerprint density at radius 2 is 1.47 bits per heavy atom. The Morgan fingerprint density at radius 1 is 0.844 bits per heavy atom. The summed E-state index contributed by atoms with van der Waals surface area (Å²) in [6.45, 7) is 3.31. The van der Waals surface area contributed by atoms with Crippen molar-refractivity contribution < 1.29 is 19.0 Å². The Balaban J connectivity index is 1.99. The molecule has 1 unspecified atom stereocenters. The van der Waals surface area contributed by atoms with Crippen LogP contribution in [0.3, 0.4) is 0 Å². The Hall–Kier alpha value is -2.70. The summed E-state index contributed by atoms with van der Waals surface area (Å²) >= 11 is 6.65. The van der Waals surface area contributed by atoms with Gasteiger partial charge in [0, 0.05) is 28.3 Å². The molecule has 0 bridgehead atoms. The van der Waals surface area contributed by atoms with Crippen molar-refractivity contribution >= 4 is 17.6 Å². The van der Waals surface area contributed by atoms with Gasteiger partial charge in [0.1, 0.15) is 6.61 Å². The molecule has 0 aromatic heterocycles. The van der Waals surface area contributed by atoms with Crippen molar-refractivity contribution in [2.45, 2.75) is 12.5 Å². The van der Waals surface area contributed by atoms with E-state index in [1.54, 1.807) is 6.07 Å². The normalized spacial score (nSPS) is 12.8. The van der Waals surface area contributed by atoms with Gasteiger partial charge in [0.15, 0.2) is 5.60 Å². The molecule has 168 valence electrons. The van der Waals surface area contributed by atoms with E-state index in [0.29, 0.717) is 30.3 Å². The van der Waals surface area contributed by atoms with Crippen LogP contribution in [0.15, 0.2) is 78.9 Å². The molecule has 3 rings (SSSR count). The number of esters is 1. The Labute approximate surface area is 194 Å². The number of ether oxygens (including phenoxy) is 3. The first-order chi connectivity index (χ1) is 15.6. The van der Waals surface area contributed by atoms with Gasteiger partial charge in [-0.05, 0) is 13.0 Å². The lowest BCUT2D eigenvalue weighted by molar-refractivity contribution is -0.159. The van der Waals surface area contributed by atoms with Gasteiger partial charge >= 0.3 is 5.97 Å². The molecular formula is C26H28ClNO4. The summed E-state index contributed by atoms with van der Waals surface area (Å²) in [5.74, 6) is -0.506. The summed E-state index contributed by atoms with van der Waals surface area (Å²) in [5.41, 5.74) is 7.52. The van der Waals surface area contributed by atoms with Crippen LogP contribution >= 0.6 is 11.6 Å². The summed E-state index contributed by atoms with van der Waals surface area (Å²) in [7, 11) is 0. The average molecular weight is 454 g/mol. The van der Waals surface area contributed by atoms with Crippen LogP contribution in [0, 0.1) is 6.92 Å². The van der Waals surface area contributed by atoms with Gasteiger partial charge in [0.25, 0.3) is 0 Å². The molecule has 1 atom stereocenters. The highest BCUT2D eigenvalue weighted by Crippen LogP contribution is 2.43. The van der Waals surface area contributed by atoms with Gasteiger partial charge in [0.05, 0.1) is 19.8 Å². The highest BCUT2D eigenvalue weighted by molar-refractivity contribution is 6.31. The fourth-order valence-electron chi connectivity index (χ4n) is 3.52. The molecule has 0 saturated heterocycles. The van der Waals surface area contributed by atoms with Crippen LogP contribution in [0.25, 0.3) is 0 Å². The van der Waals surface area contributed by atoms with Crippen LogP contribution in [0.4, 0.5) is 0 Å². The van der Waals surface area contributed by atoms with Gasteiger partial charge < -0.3 is 19.9 Å². The zero-order chi connectivity index (χ0) is 22.8. The SMILES string of the molecule is Cc1ccc(C(OC(=O)COCCOCCN)(c2ccccc2)c2ccccc2Cl)cc1. The maximum atomic E-state index is 13.0. The van der Waals surface area contributed by atoms with Gasteiger partial charge in [-0.15, -0.1) is 0 Å². The molecule has 0 aliphatic carbocycles. The van der Waals surface area contributed by atoms with E-state index in [1.165, 1.54) is 0 Å². The summed E-state index contributed by atoms with van der Waals surface area (Å²) in [4.78, 5) is 13.0. The van der Waals surface area contributed by atoms with E-state index in [9.17, 15) is 4.79 Å². The lowest BCUT2D eigenvalue weighted by atomic mass is 9.79. The molecule has 0 fully saturated rings. The van der Waals surface area contributed by atoms with Crippen LogP contribution in [0.5, 0.6) is 0 Å². The first kappa shape index (κ1) is 24.0. The second-order valence-electron chi connectivity index (χ2n) is 7.32. The fourth-order valence-corrected chi connectivity index (χ4v) is 3.79. The Kier molecular flexibility index (Phi) is 8.82. The number of hydrogen-bond donors (Lipinski definition) is 1. The minimum atomic E-state index is -1.23. The van der Waals surface area contributed by atoms with E-state index in [2.05, 4.69) is 0 Å². The number of rotatable bonds is 11. The van der Waals surface area contributed by atoms with Gasteiger partial charge in [-0.1, -0.05) is 90.0 Å². The monoisotopic (exact) mass is 453 g/mol. The number of nitrogens with two attached hydrogens (primary N) is 1. The number of hydrogen-bond acceptors (Lipinski definition) is 5. The summed E-state index contributed by atoms with van der Waals surface area (Å²) in [5, 5.41) is 0.501.